The number of hydrogen-bond donors (Lipinski definition) is 2. The molecule has 0 spiro atoms. The van der Waals surface area contributed by atoms with E-state index in [1.807, 2.05) is 0 Å². The second-order valence-corrected chi connectivity index (χ2v) is 2.58. The Morgan fingerprint density at radius 3 is 2.93 bits per heavy atom. The number of nitrogens with one attached hydrogen (secondary N) is 1. The number of halogens is 2. The topological polar surface area (TPSA) is 77.2 Å². The van der Waals surface area contributed by atoms with Crippen LogP contribution in [-0.4, -0.2) is 24.2 Å². The number of amides is 1. The number of carbonyl (C=O) groups excluding carboxylic acids is 1. The van der Waals surface area contributed by atoms with E-state index in [1.165, 1.54) is 0 Å². The van der Waals surface area contributed by atoms with Crippen LogP contribution in [0.2, 0.25) is 0 Å². The Balaban J connectivity index is 2.40. The number of rotatable bonds is 4. The standard InChI is InChI=1S/C8H9F2N3O2/c9-5-3-6(10)7(13-4-5)12-1-2-15-8(11)14/h3-4H,1-2H2,(H2,11,14)(H,12,13). The number of primary amides is 1. The highest BCUT2D eigenvalue weighted by Gasteiger charge is 2.04. The van der Waals surface area contributed by atoms with Crippen molar-refractivity contribution in [3.8, 4) is 0 Å². The molecule has 7 heteroatoms. The summed E-state index contributed by atoms with van der Waals surface area (Å²) in [7, 11) is 0. The van der Waals surface area contributed by atoms with Gasteiger partial charge in [-0.05, 0) is 0 Å². The van der Waals surface area contributed by atoms with Crippen LogP contribution in [0.25, 0.3) is 0 Å². The molecule has 82 valence electrons. The summed E-state index contributed by atoms with van der Waals surface area (Å²) < 4.78 is 29.7. The summed E-state index contributed by atoms with van der Waals surface area (Å²) in [5, 5.41) is 2.51. The van der Waals surface area contributed by atoms with Crippen molar-refractivity contribution >= 4 is 11.9 Å². The second kappa shape index (κ2) is 5.08. The summed E-state index contributed by atoms with van der Waals surface area (Å²) in [6.45, 7) is 0.117. The highest BCUT2D eigenvalue weighted by atomic mass is 19.1. The van der Waals surface area contributed by atoms with E-state index in [4.69, 9.17) is 5.73 Å². The Kier molecular flexibility index (Phi) is 3.78. The van der Waals surface area contributed by atoms with Gasteiger partial charge in [-0.15, -0.1) is 0 Å². The van der Waals surface area contributed by atoms with Gasteiger partial charge in [0, 0.05) is 6.07 Å². The fourth-order valence-corrected chi connectivity index (χ4v) is 0.866. The zero-order chi connectivity index (χ0) is 11.3. The third-order valence-electron chi connectivity index (χ3n) is 1.45. The SMILES string of the molecule is NC(=O)OCCNc1ncc(F)cc1F. The van der Waals surface area contributed by atoms with Crippen LogP contribution in [-0.2, 0) is 4.74 Å². The quantitative estimate of drug-likeness (QED) is 0.733. The molecule has 0 aromatic carbocycles. The van der Waals surface area contributed by atoms with Crippen LogP contribution in [0.15, 0.2) is 12.3 Å². The first-order chi connectivity index (χ1) is 7.09. The van der Waals surface area contributed by atoms with Gasteiger partial charge in [0.2, 0.25) is 0 Å². The summed E-state index contributed by atoms with van der Waals surface area (Å²) >= 11 is 0. The van der Waals surface area contributed by atoms with Gasteiger partial charge >= 0.3 is 6.09 Å². The predicted molar refractivity (Wildman–Crippen MR) is 48.2 cm³/mol. The molecule has 5 nitrogen and oxygen atoms in total. The van der Waals surface area contributed by atoms with Crippen LogP contribution >= 0.6 is 0 Å². The number of aromatic nitrogens is 1. The van der Waals surface area contributed by atoms with Crippen LogP contribution in [0.4, 0.5) is 19.4 Å². The molecule has 0 saturated carbocycles. The molecular formula is C8H9F2N3O2. The summed E-state index contributed by atoms with van der Waals surface area (Å²) in [5.74, 6) is -1.68. The minimum absolute atomic E-state index is 0.0200. The van der Waals surface area contributed by atoms with E-state index in [1.54, 1.807) is 0 Å². The van der Waals surface area contributed by atoms with Crippen LogP contribution in [0, 0.1) is 11.6 Å². The third-order valence-corrected chi connectivity index (χ3v) is 1.45. The highest BCUT2D eigenvalue weighted by molar-refractivity contribution is 5.64. The molecule has 1 heterocycles. The van der Waals surface area contributed by atoms with E-state index in [9.17, 15) is 13.6 Å². The number of carbonyl (C=O) groups is 1. The maximum absolute atomic E-state index is 12.9. The number of pyridine rings is 1. The molecule has 0 aliphatic carbocycles. The number of nitrogens with two attached hydrogens (primary N) is 1. The lowest BCUT2D eigenvalue weighted by Crippen LogP contribution is -2.19. The van der Waals surface area contributed by atoms with Gasteiger partial charge in [0.25, 0.3) is 0 Å². The second-order valence-electron chi connectivity index (χ2n) is 2.58. The van der Waals surface area contributed by atoms with E-state index >= 15 is 0 Å². The monoisotopic (exact) mass is 217 g/mol. The predicted octanol–water partition coefficient (Wildman–Crippen LogP) is 0.867. The minimum atomic E-state index is -0.913. The largest absolute Gasteiger partial charge is 0.448 e. The lowest BCUT2D eigenvalue weighted by Gasteiger charge is -2.05. The van der Waals surface area contributed by atoms with E-state index in [-0.39, 0.29) is 19.0 Å². The lowest BCUT2D eigenvalue weighted by molar-refractivity contribution is 0.161. The van der Waals surface area contributed by atoms with Gasteiger partial charge in [0.15, 0.2) is 11.6 Å². The Labute approximate surface area is 84.2 Å². The molecule has 0 aliphatic heterocycles. The van der Waals surface area contributed by atoms with Crippen LogP contribution in [0.1, 0.15) is 0 Å². The van der Waals surface area contributed by atoms with Crippen molar-refractivity contribution in [3.05, 3.63) is 23.9 Å². The van der Waals surface area contributed by atoms with Crippen molar-refractivity contribution in [1.82, 2.24) is 4.98 Å². The van der Waals surface area contributed by atoms with E-state index in [0.717, 1.165) is 6.20 Å². The Morgan fingerprint density at radius 1 is 1.60 bits per heavy atom. The molecule has 0 saturated heterocycles. The number of anilines is 1. The smallest absolute Gasteiger partial charge is 0.404 e. The van der Waals surface area contributed by atoms with Gasteiger partial charge in [-0.3, -0.25) is 0 Å². The first-order valence-corrected chi connectivity index (χ1v) is 4.06. The molecule has 0 aliphatic rings. The lowest BCUT2D eigenvalue weighted by atomic mass is 10.4. The van der Waals surface area contributed by atoms with Gasteiger partial charge in [-0.2, -0.15) is 0 Å². The Morgan fingerprint density at radius 2 is 2.33 bits per heavy atom. The van der Waals surface area contributed by atoms with Gasteiger partial charge in [-0.1, -0.05) is 0 Å². The zero-order valence-electron chi connectivity index (χ0n) is 7.67. The van der Waals surface area contributed by atoms with Gasteiger partial charge in [-0.25, -0.2) is 18.6 Å². The third kappa shape index (κ3) is 3.75. The maximum Gasteiger partial charge on any atom is 0.404 e. The Bertz CT molecular complexity index is 360. The summed E-state index contributed by atoms with van der Waals surface area (Å²) in [4.78, 5) is 13.6. The van der Waals surface area contributed by atoms with Gasteiger partial charge in [0.05, 0.1) is 12.7 Å². The van der Waals surface area contributed by atoms with E-state index in [0.29, 0.717) is 6.07 Å². The molecule has 1 aromatic heterocycles. The number of ether oxygens (including phenoxy) is 1. The minimum Gasteiger partial charge on any atom is -0.448 e. The van der Waals surface area contributed by atoms with Crippen molar-refractivity contribution in [2.24, 2.45) is 5.73 Å². The van der Waals surface area contributed by atoms with Gasteiger partial charge in [0.1, 0.15) is 12.4 Å². The van der Waals surface area contributed by atoms with E-state index in [2.05, 4.69) is 15.0 Å². The molecular weight excluding hydrogens is 208 g/mol. The summed E-state index contributed by atoms with van der Waals surface area (Å²) in [6, 6.07) is 0.699. The molecule has 1 aromatic rings. The molecule has 0 radical (unpaired) electrons. The van der Waals surface area contributed by atoms with Crippen molar-refractivity contribution in [3.63, 3.8) is 0 Å². The molecule has 0 bridgehead atoms. The number of hydrogen-bond acceptors (Lipinski definition) is 4. The number of nitrogens with zero attached hydrogens (tertiary/aromatic N) is 1. The Hall–Kier alpha value is -1.92. The first kappa shape index (κ1) is 11.2. The van der Waals surface area contributed by atoms with Crippen molar-refractivity contribution in [2.75, 3.05) is 18.5 Å². The van der Waals surface area contributed by atoms with Crippen molar-refractivity contribution in [2.45, 2.75) is 0 Å². The first-order valence-electron chi connectivity index (χ1n) is 4.06. The average molecular weight is 217 g/mol. The fraction of sp³-hybridized carbons (Fsp3) is 0.250. The van der Waals surface area contributed by atoms with Gasteiger partial charge < -0.3 is 15.8 Å². The fourth-order valence-electron chi connectivity index (χ4n) is 0.866. The average Bonchev–Trinajstić information content (AvgIpc) is 2.14. The van der Waals surface area contributed by atoms with Crippen LogP contribution in [0.3, 0.4) is 0 Å². The van der Waals surface area contributed by atoms with E-state index < -0.39 is 17.7 Å². The van der Waals surface area contributed by atoms with Crippen LogP contribution in [0.5, 0.6) is 0 Å². The van der Waals surface area contributed by atoms with Crippen LogP contribution < -0.4 is 11.1 Å². The van der Waals surface area contributed by atoms with Crippen molar-refractivity contribution in [1.29, 1.82) is 0 Å². The molecule has 0 atom stereocenters. The zero-order valence-corrected chi connectivity index (χ0v) is 7.67. The summed E-state index contributed by atoms with van der Waals surface area (Å²) in [6.07, 6.45) is -0.0373. The normalized spacial score (nSPS) is 9.73. The molecule has 1 amide bonds. The summed E-state index contributed by atoms with van der Waals surface area (Å²) in [5.41, 5.74) is 4.69. The molecule has 0 unspecified atom stereocenters. The highest BCUT2D eigenvalue weighted by Crippen LogP contribution is 2.10. The van der Waals surface area contributed by atoms with Crippen molar-refractivity contribution < 1.29 is 18.3 Å². The maximum atomic E-state index is 12.9. The molecule has 15 heavy (non-hydrogen) atoms. The molecule has 3 N–H and O–H groups in total. The molecule has 1 rings (SSSR count). The molecule has 0 fully saturated rings.